The minimum absolute atomic E-state index is 0.0616. The molecule has 4 bridgehead atoms. The number of hydrogen-bond donors (Lipinski definition) is 1. The molecule has 4 aliphatic carbocycles. The molecule has 4 fully saturated rings. The van der Waals surface area contributed by atoms with Gasteiger partial charge in [0.15, 0.2) is 0 Å². The molecule has 4 aliphatic rings. The molecule has 0 atom stereocenters. The van der Waals surface area contributed by atoms with E-state index in [1.807, 2.05) is 24.3 Å². The predicted molar refractivity (Wildman–Crippen MR) is 123 cm³/mol. The molecule has 2 aromatic rings. The summed E-state index contributed by atoms with van der Waals surface area (Å²) in [4.78, 5) is 12.3. The normalized spacial score (nSPS) is 29.8. The van der Waals surface area contributed by atoms with Crippen LogP contribution in [0.5, 0.6) is 0 Å². The Morgan fingerprint density at radius 3 is 2.10 bits per heavy atom. The predicted octanol–water partition coefficient (Wildman–Crippen LogP) is 6.68. The first-order valence-electron chi connectivity index (χ1n) is 10.8. The third-order valence-corrected chi connectivity index (χ3v) is 8.49. The maximum atomic E-state index is 12.3. The monoisotopic (exact) mass is 425 g/mol. The van der Waals surface area contributed by atoms with Gasteiger partial charge in [-0.2, -0.15) is 0 Å². The maximum absolute atomic E-state index is 12.3. The molecule has 0 saturated heterocycles. The first-order valence-corrected chi connectivity index (χ1v) is 12.3. The lowest BCUT2D eigenvalue weighted by atomic mass is 9.48. The average molecular weight is 426 g/mol. The molecule has 4 heteroatoms. The van der Waals surface area contributed by atoms with Gasteiger partial charge in [0.05, 0.1) is 5.75 Å². The van der Waals surface area contributed by atoms with Gasteiger partial charge in [0.1, 0.15) is 0 Å². The number of anilines is 1. The Hall–Kier alpha value is -1.45. The van der Waals surface area contributed by atoms with Crippen molar-refractivity contribution >= 4 is 35.0 Å². The highest BCUT2D eigenvalue weighted by molar-refractivity contribution is 7.99. The minimum Gasteiger partial charge on any atom is -0.325 e. The van der Waals surface area contributed by atoms with Gasteiger partial charge < -0.3 is 5.32 Å². The van der Waals surface area contributed by atoms with Crippen LogP contribution in [0.15, 0.2) is 48.5 Å². The lowest BCUT2D eigenvalue weighted by Crippen LogP contribution is -2.48. The van der Waals surface area contributed by atoms with Crippen LogP contribution in [-0.4, -0.2) is 11.7 Å². The summed E-state index contributed by atoms with van der Waals surface area (Å²) in [6, 6.07) is 16.6. The second-order valence-corrected chi connectivity index (χ2v) is 10.9. The number of halogens is 1. The van der Waals surface area contributed by atoms with E-state index in [-0.39, 0.29) is 5.91 Å². The highest BCUT2D eigenvalue weighted by Gasteiger charge is 2.51. The summed E-state index contributed by atoms with van der Waals surface area (Å²) >= 11 is 7.54. The van der Waals surface area contributed by atoms with E-state index >= 15 is 0 Å². The number of thioether (sulfide) groups is 1. The number of rotatable bonds is 6. The molecule has 0 unspecified atom stereocenters. The molecule has 0 aromatic heterocycles. The SMILES string of the molecule is O=C(CSCc1ccc(Cl)cc1)Nc1ccc(C23CC4CC(CC(C4)C2)C3)cc1. The summed E-state index contributed by atoms with van der Waals surface area (Å²) in [5, 5.41) is 3.80. The molecule has 0 radical (unpaired) electrons. The number of amides is 1. The molecule has 29 heavy (non-hydrogen) atoms. The van der Waals surface area contributed by atoms with Crippen LogP contribution in [0.4, 0.5) is 5.69 Å². The Bertz CT molecular complexity index is 841. The van der Waals surface area contributed by atoms with E-state index in [0.29, 0.717) is 11.2 Å². The molecular weight excluding hydrogens is 398 g/mol. The number of hydrogen-bond acceptors (Lipinski definition) is 2. The van der Waals surface area contributed by atoms with Crippen molar-refractivity contribution < 1.29 is 4.79 Å². The summed E-state index contributed by atoms with van der Waals surface area (Å²) in [7, 11) is 0. The molecule has 152 valence electrons. The topological polar surface area (TPSA) is 29.1 Å². The molecule has 1 amide bonds. The molecule has 0 heterocycles. The number of carbonyl (C=O) groups excluding carboxylic acids is 1. The first-order chi connectivity index (χ1) is 14.1. The van der Waals surface area contributed by atoms with Crippen molar-refractivity contribution in [2.24, 2.45) is 17.8 Å². The van der Waals surface area contributed by atoms with Gasteiger partial charge in [0, 0.05) is 16.5 Å². The van der Waals surface area contributed by atoms with E-state index in [4.69, 9.17) is 11.6 Å². The van der Waals surface area contributed by atoms with Crippen LogP contribution in [0.3, 0.4) is 0 Å². The Morgan fingerprint density at radius 1 is 0.931 bits per heavy atom. The van der Waals surface area contributed by atoms with Crippen molar-refractivity contribution in [3.63, 3.8) is 0 Å². The second-order valence-electron chi connectivity index (χ2n) is 9.44. The van der Waals surface area contributed by atoms with E-state index in [9.17, 15) is 4.79 Å². The summed E-state index contributed by atoms with van der Waals surface area (Å²) in [6.45, 7) is 0. The molecule has 6 rings (SSSR count). The highest BCUT2D eigenvalue weighted by atomic mass is 35.5. The zero-order valence-electron chi connectivity index (χ0n) is 16.7. The van der Waals surface area contributed by atoms with E-state index in [1.165, 1.54) is 49.7 Å². The van der Waals surface area contributed by atoms with E-state index in [2.05, 4.69) is 29.6 Å². The van der Waals surface area contributed by atoms with Gasteiger partial charge in [-0.05, 0) is 97.1 Å². The van der Waals surface area contributed by atoms with Crippen LogP contribution in [0, 0.1) is 17.8 Å². The molecule has 2 nitrogen and oxygen atoms in total. The van der Waals surface area contributed by atoms with Crippen LogP contribution in [-0.2, 0) is 16.0 Å². The molecular formula is C25H28ClNOS. The van der Waals surface area contributed by atoms with Crippen molar-refractivity contribution in [1.29, 1.82) is 0 Å². The molecule has 1 N–H and O–H groups in total. The lowest BCUT2D eigenvalue weighted by Gasteiger charge is -2.57. The van der Waals surface area contributed by atoms with Crippen LogP contribution >= 0.6 is 23.4 Å². The maximum Gasteiger partial charge on any atom is 0.234 e. The molecule has 0 spiro atoms. The van der Waals surface area contributed by atoms with Crippen LogP contribution in [0.25, 0.3) is 0 Å². The third kappa shape index (κ3) is 4.22. The summed E-state index contributed by atoms with van der Waals surface area (Å²) in [6.07, 6.45) is 8.56. The fourth-order valence-electron chi connectivity index (χ4n) is 6.41. The summed E-state index contributed by atoms with van der Waals surface area (Å²) in [5.74, 6) is 4.20. The zero-order valence-corrected chi connectivity index (χ0v) is 18.3. The quantitative estimate of drug-likeness (QED) is 0.559. The Morgan fingerprint density at radius 2 is 1.52 bits per heavy atom. The Kier molecular flexibility index (Phi) is 5.38. The molecule has 4 saturated carbocycles. The smallest absolute Gasteiger partial charge is 0.234 e. The van der Waals surface area contributed by atoms with Gasteiger partial charge in [-0.3, -0.25) is 4.79 Å². The second kappa shape index (κ2) is 8.00. The lowest BCUT2D eigenvalue weighted by molar-refractivity contribution is -0.113. The standard InChI is InChI=1S/C25H28ClNOS/c26-22-5-1-17(2-6-22)15-29-16-24(28)27-23-7-3-21(4-8-23)25-12-18-9-19(13-25)11-20(10-18)14-25/h1-8,18-20H,9-16H2,(H,27,28). The average Bonchev–Trinajstić information content (AvgIpc) is 2.69. The fourth-order valence-corrected chi connectivity index (χ4v) is 7.32. The third-order valence-electron chi connectivity index (χ3n) is 7.23. The van der Waals surface area contributed by atoms with Crippen LogP contribution in [0.1, 0.15) is 49.7 Å². The van der Waals surface area contributed by atoms with Gasteiger partial charge in [0.25, 0.3) is 0 Å². The van der Waals surface area contributed by atoms with Gasteiger partial charge in [-0.25, -0.2) is 0 Å². The summed E-state index contributed by atoms with van der Waals surface area (Å²) < 4.78 is 0. The van der Waals surface area contributed by atoms with Crippen molar-refractivity contribution in [1.82, 2.24) is 0 Å². The largest absolute Gasteiger partial charge is 0.325 e. The minimum atomic E-state index is 0.0616. The van der Waals surface area contributed by atoms with Crippen molar-refractivity contribution in [3.05, 3.63) is 64.7 Å². The van der Waals surface area contributed by atoms with Crippen LogP contribution in [0.2, 0.25) is 5.02 Å². The van der Waals surface area contributed by atoms with Gasteiger partial charge in [-0.1, -0.05) is 35.9 Å². The van der Waals surface area contributed by atoms with Gasteiger partial charge in [-0.15, -0.1) is 11.8 Å². The fraction of sp³-hybridized carbons (Fsp3) is 0.480. The first kappa shape index (κ1) is 19.5. The number of benzene rings is 2. The van der Waals surface area contributed by atoms with E-state index in [1.54, 1.807) is 11.8 Å². The number of carbonyl (C=O) groups is 1. The number of nitrogens with one attached hydrogen (secondary N) is 1. The highest BCUT2D eigenvalue weighted by Crippen LogP contribution is 2.60. The molecule has 0 aliphatic heterocycles. The van der Waals surface area contributed by atoms with E-state index < -0.39 is 0 Å². The van der Waals surface area contributed by atoms with E-state index in [0.717, 1.165) is 34.2 Å². The van der Waals surface area contributed by atoms with Gasteiger partial charge >= 0.3 is 0 Å². The summed E-state index contributed by atoms with van der Waals surface area (Å²) in [5.41, 5.74) is 4.03. The molecule has 2 aromatic carbocycles. The van der Waals surface area contributed by atoms with Gasteiger partial charge in [0.2, 0.25) is 5.91 Å². The Labute approximate surface area is 182 Å². The van der Waals surface area contributed by atoms with Crippen molar-refractivity contribution in [2.75, 3.05) is 11.1 Å². The Balaban J connectivity index is 1.16. The van der Waals surface area contributed by atoms with Crippen molar-refractivity contribution in [3.8, 4) is 0 Å². The van der Waals surface area contributed by atoms with Crippen molar-refractivity contribution in [2.45, 2.75) is 49.7 Å². The van der Waals surface area contributed by atoms with Crippen LogP contribution < -0.4 is 5.32 Å². The zero-order chi connectivity index (χ0) is 19.8.